The molecule has 24 heavy (non-hydrogen) atoms. The van der Waals surface area contributed by atoms with Gasteiger partial charge >= 0.3 is 0 Å². The summed E-state index contributed by atoms with van der Waals surface area (Å²) in [6, 6.07) is 9.17. The van der Waals surface area contributed by atoms with Crippen LogP contribution in [0.3, 0.4) is 0 Å². The Labute approximate surface area is 139 Å². The second-order valence-corrected chi connectivity index (χ2v) is 5.78. The molecule has 0 radical (unpaired) electrons. The van der Waals surface area contributed by atoms with Crippen molar-refractivity contribution >= 4 is 11.7 Å². The van der Waals surface area contributed by atoms with Crippen LogP contribution >= 0.6 is 0 Å². The summed E-state index contributed by atoms with van der Waals surface area (Å²) in [4.78, 5) is 16.8. The number of aromatic nitrogens is 2. The van der Waals surface area contributed by atoms with E-state index in [2.05, 4.69) is 15.1 Å². The van der Waals surface area contributed by atoms with Crippen LogP contribution in [0.5, 0.6) is 11.5 Å². The van der Waals surface area contributed by atoms with Gasteiger partial charge in [0.15, 0.2) is 17.3 Å². The van der Waals surface area contributed by atoms with E-state index in [1.807, 2.05) is 17.0 Å². The zero-order chi connectivity index (χ0) is 16.4. The Kier molecular flexibility index (Phi) is 3.90. The number of ether oxygens (including phenoxy) is 2. The first kappa shape index (κ1) is 14.7. The van der Waals surface area contributed by atoms with Crippen LogP contribution in [-0.2, 0) is 0 Å². The van der Waals surface area contributed by atoms with Crippen LogP contribution in [0.1, 0.15) is 16.8 Å². The molecule has 2 aromatic rings. The van der Waals surface area contributed by atoms with Gasteiger partial charge in [-0.2, -0.15) is 5.10 Å². The van der Waals surface area contributed by atoms with E-state index < -0.39 is 0 Å². The van der Waals surface area contributed by atoms with Crippen LogP contribution in [0, 0.1) is 0 Å². The van der Waals surface area contributed by atoms with E-state index >= 15 is 0 Å². The van der Waals surface area contributed by atoms with Gasteiger partial charge < -0.3 is 19.3 Å². The second-order valence-electron chi connectivity index (χ2n) is 5.78. The van der Waals surface area contributed by atoms with Crippen molar-refractivity contribution < 1.29 is 14.3 Å². The van der Waals surface area contributed by atoms with Crippen LogP contribution in [0.4, 0.5) is 5.82 Å². The molecule has 1 saturated heterocycles. The Morgan fingerprint density at radius 1 is 1.04 bits per heavy atom. The number of fused-ring (bicyclic) bond motifs is 1. The average Bonchev–Trinajstić information content (AvgIpc) is 2.96. The fourth-order valence-corrected chi connectivity index (χ4v) is 3.02. The van der Waals surface area contributed by atoms with E-state index in [0.29, 0.717) is 23.6 Å². The molecule has 0 unspecified atom stereocenters. The molecular formula is C17H18N4O3. The smallest absolute Gasteiger partial charge is 0.254 e. The third-order valence-corrected chi connectivity index (χ3v) is 4.28. The van der Waals surface area contributed by atoms with Crippen molar-refractivity contribution in [1.82, 2.24) is 15.1 Å². The molecule has 2 aliphatic heterocycles. The second kappa shape index (κ2) is 6.35. The summed E-state index contributed by atoms with van der Waals surface area (Å²) in [5.74, 6) is 2.21. The Hall–Kier alpha value is -2.83. The van der Waals surface area contributed by atoms with Crippen LogP contribution < -0.4 is 14.4 Å². The summed E-state index contributed by atoms with van der Waals surface area (Å²) in [6.45, 7) is 3.20. The van der Waals surface area contributed by atoms with Crippen molar-refractivity contribution in [2.75, 3.05) is 37.9 Å². The van der Waals surface area contributed by atoms with E-state index in [0.717, 1.165) is 31.9 Å². The normalized spacial score (nSPS) is 16.8. The molecule has 0 spiro atoms. The minimum Gasteiger partial charge on any atom is -0.454 e. The van der Waals surface area contributed by atoms with Crippen molar-refractivity contribution in [2.45, 2.75) is 6.42 Å². The first-order valence-corrected chi connectivity index (χ1v) is 8.03. The average molecular weight is 326 g/mol. The first-order chi connectivity index (χ1) is 11.8. The Morgan fingerprint density at radius 2 is 1.96 bits per heavy atom. The summed E-state index contributed by atoms with van der Waals surface area (Å²) in [5.41, 5.74) is 0.632. The lowest BCUT2D eigenvalue weighted by atomic mass is 10.1. The first-order valence-electron chi connectivity index (χ1n) is 8.03. The minimum atomic E-state index is 0.0225. The highest BCUT2D eigenvalue weighted by Gasteiger charge is 2.23. The molecule has 0 bridgehead atoms. The summed E-state index contributed by atoms with van der Waals surface area (Å²) >= 11 is 0. The van der Waals surface area contributed by atoms with Gasteiger partial charge in [0.1, 0.15) is 0 Å². The highest BCUT2D eigenvalue weighted by molar-refractivity contribution is 5.95. The van der Waals surface area contributed by atoms with E-state index in [1.165, 1.54) is 0 Å². The zero-order valence-electron chi connectivity index (χ0n) is 13.2. The summed E-state index contributed by atoms with van der Waals surface area (Å²) in [7, 11) is 0. The number of benzene rings is 1. The molecule has 124 valence electrons. The van der Waals surface area contributed by atoms with Crippen molar-refractivity contribution in [3.8, 4) is 11.5 Å². The zero-order valence-corrected chi connectivity index (χ0v) is 13.2. The van der Waals surface area contributed by atoms with E-state index in [-0.39, 0.29) is 12.7 Å². The van der Waals surface area contributed by atoms with Crippen LogP contribution in [0.25, 0.3) is 0 Å². The minimum absolute atomic E-state index is 0.0225. The van der Waals surface area contributed by atoms with Crippen molar-refractivity contribution in [3.63, 3.8) is 0 Å². The Balaban J connectivity index is 1.46. The number of hydrogen-bond acceptors (Lipinski definition) is 6. The lowest BCUT2D eigenvalue weighted by Gasteiger charge is -2.22. The van der Waals surface area contributed by atoms with Gasteiger partial charge in [-0.1, -0.05) is 0 Å². The molecule has 7 nitrogen and oxygen atoms in total. The maximum atomic E-state index is 12.8. The SMILES string of the molecule is O=C(c1ccc2c(c1)OCO2)N1CCCN(c2cccnn2)CC1. The fourth-order valence-electron chi connectivity index (χ4n) is 3.02. The lowest BCUT2D eigenvalue weighted by Crippen LogP contribution is -2.35. The maximum Gasteiger partial charge on any atom is 0.254 e. The predicted octanol–water partition coefficient (Wildman–Crippen LogP) is 1.56. The van der Waals surface area contributed by atoms with E-state index in [1.54, 1.807) is 24.4 Å². The molecule has 1 fully saturated rings. The molecule has 2 aliphatic rings. The van der Waals surface area contributed by atoms with Crippen molar-refractivity contribution in [3.05, 3.63) is 42.1 Å². The third-order valence-electron chi connectivity index (χ3n) is 4.28. The standard InChI is InChI=1S/C17H18N4O3/c22-17(13-4-5-14-15(11-13)24-12-23-14)21-8-2-7-20(9-10-21)16-3-1-6-18-19-16/h1,3-6,11H,2,7-10,12H2. The number of hydrogen-bond donors (Lipinski definition) is 0. The fraction of sp³-hybridized carbons (Fsp3) is 0.353. The van der Waals surface area contributed by atoms with Crippen LogP contribution in [0.2, 0.25) is 0 Å². The molecule has 4 rings (SSSR count). The number of carbonyl (C=O) groups excluding carboxylic acids is 1. The van der Waals surface area contributed by atoms with E-state index in [4.69, 9.17) is 9.47 Å². The molecule has 1 amide bonds. The predicted molar refractivity (Wildman–Crippen MR) is 87.3 cm³/mol. The summed E-state index contributed by atoms with van der Waals surface area (Å²) in [6.07, 6.45) is 2.56. The van der Waals surface area contributed by atoms with Gasteiger partial charge in [0.25, 0.3) is 5.91 Å². The van der Waals surface area contributed by atoms with Crippen molar-refractivity contribution in [1.29, 1.82) is 0 Å². The van der Waals surface area contributed by atoms with E-state index in [9.17, 15) is 4.79 Å². The maximum absolute atomic E-state index is 12.8. The molecule has 0 aliphatic carbocycles. The lowest BCUT2D eigenvalue weighted by molar-refractivity contribution is 0.0766. The van der Waals surface area contributed by atoms with Gasteiger partial charge in [-0.25, -0.2) is 0 Å². The highest BCUT2D eigenvalue weighted by Crippen LogP contribution is 2.32. The molecule has 1 aromatic heterocycles. The van der Waals surface area contributed by atoms with Gasteiger partial charge in [-0.05, 0) is 36.8 Å². The van der Waals surface area contributed by atoms with Crippen LogP contribution in [-0.4, -0.2) is 54.0 Å². The Morgan fingerprint density at radius 3 is 2.83 bits per heavy atom. The third kappa shape index (κ3) is 2.84. The largest absolute Gasteiger partial charge is 0.454 e. The number of nitrogens with zero attached hydrogens (tertiary/aromatic N) is 4. The molecule has 0 N–H and O–H groups in total. The van der Waals surface area contributed by atoms with Gasteiger partial charge in [0.05, 0.1) is 0 Å². The quantitative estimate of drug-likeness (QED) is 0.834. The van der Waals surface area contributed by atoms with Gasteiger partial charge in [0.2, 0.25) is 6.79 Å². The van der Waals surface area contributed by atoms with Gasteiger partial charge in [-0.15, -0.1) is 5.10 Å². The number of amides is 1. The number of anilines is 1. The Bertz CT molecular complexity index is 738. The molecule has 0 saturated carbocycles. The summed E-state index contributed by atoms with van der Waals surface area (Å²) in [5, 5.41) is 8.08. The van der Waals surface area contributed by atoms with Crippen LogP contribution in [0.15, 0.2) is 36.5 Å². The molecule has 0 atom stereocenters. The molecule has 3 heterocycles. The molecular weight excluding hydrogens is 308 g/mol. The highest BCUT2D eigenvalue weighted by atomic mass is 16.7. The monoisotopic (exact) mass is 326 g/mol. The van der Waals surface area contributed by atoms with Crippen molar-refractivity contribution in [2.24, 2.45) is 0 Å². The van der Waals surface area contributed by atoms with Gasteiger partial charge in [0, 0.05) is 37.9 Å². The summed E-state index contributed by atoms with van der Waals surface area (Å²) < 4.78 is 10.7. The molecule has 1 aromatic carbocycles. The topological polar surface area (TPSA) is 67.8 Å². The van der Waals surface area contributed by atoms with Gasteiger partial charge in [-0.3, -0.25) is 4.79 Å². The molecule has 7 heteroatoms. The number of rotatable bonds is 2. The number of carbonyl (C=O) groups is 1.